The van der Waals surface area contributed by atoms with Gasteiger partial charge in [-0.05, 0) is 58.7 Å². The van der Waals surface area contributed by atoms with Crippen LogP contribution in [-0.4, -0.2) is 40.8 Å². The van der Waals surface area contributed by atoms with Crippen molar-refractivity contribution in [3.05, 3.63) is 75.8 Å². The normalized spacial score (nSPS) is 16.1. The Labute approximate surface area is 215 Å². The summed E-state index contributed by atoms with van der Waals surface area (Å²) in [6.07, 6.45) is 3.42. The second-order valence-corrected chi connectivity index (χ2v) is 9.01. The van der Waals surface area contributed by atoms with Crippen molar-refractivity contribution in [2.45, 2.75) is 31.7 Å². The van der Waals surface area contributed by atoms with Crippen molar-refractivity contribution in [1.29, 1.82) is 0 Å². The lowest BCUT2D eigenvalue weighted by Gasteiger charge is -2.15. The van der Waals surface area contributed by atoms with E-state index in [0.717, 1.165) is 4.47 Å². The van der Waals surface area contributed by atoms with E-state index in [1.54, 1.807) is 38.4 Å². The van der Waals surface area contributed by atoms with Crippen LogP contribution in [0.1, 0.15) is 52.0 Å². The summed E-state index contributed by atoms with van der Waals surface area (Å²) in [6, 6.07) is 8.04. The summed E-state index contributed by atoms with van der Waals surface area (Å²) in [5.41, 5.74) is 0.330. The van der Waals surface area contributed by atoms with Gasteiger partial charge in [0.2, 0.25) is 0 Å². The lowest BCUT2D eigenvalue weighted by Crippen LogP contribution is -2.31. The number of hydrogen-bond acceptors (Lipinski definition) is 7. The van der Waals surface area contributed by atoms with Gasteiger partial charge >= 0.3 is 12.0 Å². The molecule has 9 nitrogen and oxygen atoms in total. The smallest absolute Gasteiger partial charge is 0.345 e. The second kappa shape index (κ2) is 10.8. The Morgan fingerprint density at radius 2 is 1.83 bits per heavy atom. The van der Waals surface area contributed by atoms with Crippen molar-refractivity contribution in [2.24, 2.45) is 0 Å². The third-order valence-corrected chi connectivity index (χ3v) is 6.13. The molecule has 3 aromatic rings. The number of amides is 2. The predicted octanol–water partition coefficient (Wildman–Crippen LogP) is 4.91. The molecule has 36 heavy (non-hydrogen) atoms. The average molecular weight is 556 g/mol. The van der Waals surface area contributed by atoms with Crippen molar-refractivity contribution in [1.82, 2.24) is 15.3 Å². The molecular formula is C25H23BrFN5O4. The number of benzene rings is 1. The van der Waals surface area contributed by atoms with Crippen LogP contribution in [0.25, 0.3) is 0 Å². The van der Waals surface area contributed by atoms with Gasteiger partial charge in [0, 0.05) is 47.9 Å². The first-order valence-corrected chi connectivity index (χ1v) is 12.0. The second-order valence-electron chi connectivity index (χ2n) is 8.09. The Kier molecular flexibility index (Phi) is 7.58. The third kappa shape index (κ3) is 5.68. The number of esters is 1. The van der Waals surface area contributed by atoms with Crippen LogP contribution in [0.3, 0.4) is 0 Å². The first-order chi connectivity index (χ1) is 17.3. The van der Waals surface area contributed by atoms with E-state index in [4.69, 9.17) is 4.74 Å². The molecule has 0 bridgehead atoms. The van der Waals surface area contributed by atoms with Crippen LogP contribution in [-0.2, 0) is 0 Å². The maximum atomic E-state index is 15.1. The minimum Gasteiger partial charge on any atom is -0.422 e. The highest BCUT2D eigenvalue weighted by Gasteiger charge is 2.44. The number of anilines is 2. The summed E-state index contributed by atoms with van der Waals surface area (Å²) in [5.74, 6) is -1.40. The maximum absolute atomic E-state index is 15.1. The van der Waals surface area contributed by atoms with E-state index in [9.17, 15) is 14.4 Å². The molecule has 0 saturated heterocycles. The van der Waals surface area contributed by atoms with Crippen LogP contribution in [0, 0.1) is 5.82 Å². The molecule has 11 heteroatoms. The molecule has 4 rings (SSSR count). The van der Waals surface area contributed by atoms with Crippen LogP contribution in [0.15, 0.2) is 53.3 Å². The summed E-state index contributed by atoms with van der Waals surface area (Å²) >= 11 is 3.28. The molecule has 1 fully saturated rings. The number of urea groups is 1. The van der Waals surface area contributed by atoms with Crippen molar-refractivity contribution in [2.75, 3.05) is 17.7 Å². The Morgan fingerprint density at radius 1 is 1.08 bits per heavy atom. The molecule has 0 aliphatic heterocycles. The van der Waals surface area contributed by atoms with E-state index in [0.29, 0.717) is 18.1 Å². The largest absolute Gasteiger partial charge is 0.422 e. The fraction of sp³-hybridized carbons (Fsp3) is 0.240. The summed E-state index contributed by atoms with van der Waals surface area (Å²) in [5, 5.41) is 8.23. The highest BCUT2D eigenvalue weighted by Crippen LogP contribution is 2.47. The van der Waals surface area contributed by atoms with Crippen LogP contribution in [0.4, 0.5) is 20.8 Å². The van der Waals surface area contributed by atoms with Gasteiger partial charge in [0.1, 0.15) is 23.2 Å². The zero-order valence-electron chi connectivity index (χ0n) is 19.5. The number of aromatic nitrogens is 2. The first-order valence-electron chi connectivity index (χ1n) is 11.2. The van der Waals surface area contributed by atoms with Gasteiger partial charge in [-0.15, -0.1) is 0 Å². The number of pyridine rings is 2. The number of hydrogen-bond donors (Lipinski definition) is 3. The molecule has 186 valence electrons. The molecule has 0 radical (unpaired) electrons. The molecular weight excluding hydrogens is 533 g/mol. The van der Waals surface area contributed by atoms with Crippen LogP contribution in [0.5, 0.6) is 5.75 Å². The van der Waals surface area contributed by atoms with Gasteiger partial charge in [-0.2, -0.15) is 0 Å². The molecule has 2 heterocycles. The van der Waals surface area contributed by atoms with Crippen LogP contribution in [0.2, 0.25) is 0 Å². The molecule has 1 aliphatic rings. The Morgan fingerprint density at radius 3 is 2.47 bits per heavy atom. The number of ether oxygens (including phenoxy) is 1. The molecule has 3 N–H and O–H groups in total. The first kappa shape index (κ1) is 25.2. The minimum atomic E-state index is -0.772. The molecule has 1 aliphatic carbocycles. The lowest BCUT2D eigenvalue weighted by molar-refractivity contribution is 0.0729. The van der Waals surface area contributed by atoms with Gasteiger partial charge in [-0.1, -0.05) is 6.92 Å². The number of nitrogens with one attached hydrogen (secondary N) is 3. The summed E-state index contributed by atoms with van der Waals surface area (Å²) < 4.78 is 21.4. The van der Waals surface area contributed by atoms with E-state index < -0.39 is 29.8 Å². The van der Waals surface area contributed by atoms with E-state index in [1.165, 1.54) is 24.4 Å². The molecule has 2 aromatic heterocycles. The maximum Gasteiger partial charge on any atom is 0.345 e. The van der Waals surface area contributed by atoms with Crippen molar-refractivity contribution in [3.63, 3.8) is 0 Å². The van der Waals surface area contributed by atoms with E-state index in [1.807, 2.05) is 0 Å². The highest BCUT2D eigenvalue weighted by atomic mass is 79.9. The summed E-state index contributed by atoms with van der Waals surface area (Å²) in [7, 11) is 1.69. The van der Waals surface area contributed by atoms with Gasteiger partial charge in [0.25, 0.3) is 0 Å². The number of nitrogens with zero attached hydrogens (tertiary/aromatic N) is 2. The fourth-order valence-corrected chi connectivity index (χ4v) is 3.93. The Balaban J connectivity index is 1.56. The zero-order valence-corrected chi connectivity index (χ0v) is 21.1. The monoisotopic (exact) mass is 555 g/mol. The number of halogens is 2. The summed E-state index contributed by atoms with van der Waals surface area (Å²) in [6.45, 7) is 1.67. The Bertz CT molecular complexity index is 1300. The number of ketones is 1. The number of Topliss-reactive ketones (excluding diaryl/α,β-unsaturated/α-hetero) is 1. The molecule has 0 spiro atoms. The molecule has 1 saturated carbocycles. The van der Waals surface area contributed by atoms with Crippen molar-refractivity contribution < 1.29 is 23.5 Å². The van der Waals surface area contributed by atoms with Gasteiger partial charge < -0.3 is 15.4 Å². The van der Waals surface area contributed by atoms with Gasteiger partial charge in [-0.3, -0.25) is 10.1 Å². The van der Waals surface area contributed by atoms with Gasteiger partial charge in [0.05, 0.1) is 11.1 Å². The molecule has 2 atom stereocenters. The molecule has 2 unspecified atom stereocenters. The third-order valence-electron chi connectivity index (χ3n) is 5.66. The number of rotatable bonds is 8. The topological polar surface area (TPSA) is 122 Å². The van der Waals surface area contributed by atoms with Crippen LogP contribution < -0.4 is 20.7 Å². The predicted molar refractivity (Wildman–Crippen MR) is 135 cm³/mol. The standard InChI is InChI=1S/C25H23BrFN5O4/c1-3-19(33)15-6-7-17(27)22(23(15)36-24(34)13-4-8-20(28-2)29-11-13)16-10-18(16)31-25(35)32-21-9-5-14(26)12-30-21/h4-9,11-12,16,18H,3,10H2,1-2H3,(H,28,29)(H2,30,31,32,35). The number of carbonyl (C=O) groups is 3. The molecule has 1 aromatic carbocycles. The average Bonchev–Trinajstić information content (AvgIpc) is 3.63. The SMILES string of the molecule is CCC(=O)c1ccc(F)c(C2CC2NC(=O)Nc2ccc(Br)cn2)c1OC(=O)c1ccc(NC)nc1. The van der Waals surface area contributed by atoms with E-state index >= 15 is 4.39 Å². The van der Waals surface area contributed by atoms with Gasteiger partial charge in [0.15, 0.2) is 5.78 Å². The number of carbonyl (C=O) groups excluding carboxylic acids is 3. The zero-order chi connectivity index (χ0) is 25.8. The Hall–Kier alpha value is -3.86. The fourth-order valence-electron chi connectivity index (χ4n) is 3.70. The van der Waals surface area contributed by atoms with Crippen molar-refractivity contribution in [3.8, 4) is 5.75 Å². The molecule has 2 amide bonds. The van der Waals surface area contributed by atoms with Crippen LogP contribution >= 0.6 is 15.9 Å². The summed E-state index contributed by atoms with van der Waals surface area (Å²) in [4.78, 5) is 46.1. The van der Waals surface area contributed by atoms with E-state index in [-0.39, 0.29) is 34.6 Å². The minimum absolute atomic E-state index is 0.0783. The van der Waals surface area contributed by atoms with Gasteiger partial charge in [-0.25, -0.2) is 23.9 Å². The highest BCUT2D eigenvalue weighted by molar-refractivity contribution is 9.10. The lowest BCUT2D eigenvalue weighted by atomic mass is 10.00. The van der Waals surface area contributed by atoms with Crippen molar-refractivity contribution >= 4 is 45.3 Å². The van der Waals surface area contributed by atoms with E-state index in [2.05, 4.69) is 41.8 Å². The quantitative estimate of drug-likeness (QED) is 0.205.